The van der Waals surface area contributed by atoms with E-state index in [1.165, 1.54) is 10.8 Å². The van der Waals surface area contributed by atoms with Crippen molar-refractivity contribution in [3.05, 3.63) is 146 Å². The summed E-state index contributed by atoms with van der Waals surface area (Å²) in [5.41, 5.74) is 11.1. The molecule has 0 spiro atoms. The van der Waals surface area contributed by atoms with E-state index in [1.807, 2.05) is 36.7 Å². The number of aromatic nitrogens is 6. The number of hydrogen-bond donors (Lipinski definition) is 0. The molecule has 8 aromatic heterocycles. The summed E-state index contributed by atoms with van der Waals surface area (Å²) < 4.78 is 16.5. The highest BCUT2D eigenvalue weighted by molar-refractivity contribution is 6.13. The molecule has 0 saturated carbocycles. The summed E-state index contributed by atoms with van der Waals surface area (Å²) in [4.78, 5) is 18.1. The molecule has 0 fully saturated rings. The minimum atomic E-state index is 0.591. The van der Waals surface area contributed by atoms with Gasteiger partial charge >= 0.3 is 0 Å². The van der Waals surface area contributed by atoms with E-state index >= 15 is 0 Å². The van der Waals surface area contributed by atoms with Crippen LogP contribution in [0.15, 0.2) is 155 Å². The van der Waals surface area contributed by atoms with Crippen LogP contribution in [0.5, 0.6) is 0 Å². The van der Waals surface area contributed by atoms with Gasteiger partial charge < -0.3 is 8.83 Å². The smallest absolute Gasteiger partial charge is 0.229 e. The van der Waals surface area contributed by atoms with E-state index in [0.717, 1.165) is 76.6 Å². The molecular formula is C44H24N6O2. The quantitative estimate of drug-likeness (QED) is 0.186. The monoisotopic (exact) mass is 668 g/mol. The lowest BCUT2D eigenvalue weighted by Gasteiger charge is -2.13. The van der Waals surface area contributed by atoms with Crippen molar-refractivity contribution in [1.29, 1.82) is 0 Å². The van der Waals surface area contributed by atoms with Gasteiger partial charge in [0.15, 0.2) is 0 Å². The number of furan rings is 2. The molecule has 0 amide bonds. The van der Waals surface area contributed by atoms with Crippen LogP contribution < -0.4 is 0 Å². The van der Waals surface area contributed by atoms with Gasteiger partial charge in [0.2, 0.25) is 22.9 Å². The minimum absolute atomic E-state index is 0.591. The summed E-state index contributed by atoms with van der Waals surface area (Å²) in [7, 11) is 0. The van der Waals surface area contributed by atoms with Crippen molar-refractivity contribution < 1.29 is 8.83 Å². The largest absolute Gasteiger partial charge is 0.419 e. The highest BCUT2D eigenvalue weighted by Crippen LogP contribution is 2.39. The Bertz CT molecular complexity index is 3210. The van der Waals surface area contributed by atoms with Gasteiger partial charge in [-0.3, -0.25) is 0 Å². The van der Waals surface area contributed by atoms with Gasteiger partial charge in [-0.15, -0.1) is 0 Å². The third kappa shape index (κ3) is 3.75. The van der Waals surface area contributed by atoms with Crippen LogP contribution in [-0.2, 0) is 0 Å². The number of pyridine rings is 4. The Morgan fingerprint density at radius 3 is 1.23 bits per heavy atom. The average molecular weight is 669 g/mol. The zero-order valence-corrected chi connectivity index (χ0v) is 27.4. The molecule has 4 aromatic carbocycles. The van der Waals surface area contributed by atoms with Crippen LogP contribution in [0, 0.1) is 0 Å². The molecule has 0 aliphatic carbocycles. The Labute approximate surface area is 293 Å². The summed E-state index contributed by atoms with van der Waals surface area (Å²) in [5.74, 6) is 0. The lowest BCUT2D eigenvalue weighted by atomic mass is 10.0. The second-order valence-corrected chi connectivity index (χ2v) is 13.2. The zero-order chi connectivity index (χ0) is 33.9. The number of fused-ring (bicyclic) bond motifs is 12. The van der Waals surface area contributed by atoms with Crippen molar-refractivity contribution in [3.63, 3.8) is 0 Å². The van der Waals surface area contributed by atoms with Crippen molar-refractivity contribution in [2.75, 3.05) is 0 Å². The van der Waals surface area contributed by atoms with E-state index in [-0.39, 0.29) is 0 Å². The van der Waals surface area contributed by atoms with Gasteiger partial charge in [-0.25, -0.2) is 29.3 Å². The third-order valence-corrected chi connectivity index (χ3v) is 10.4. The molecule has 8 nitrogen and oxygen atoms in total. The summed E-state index contributed by atoms with van der Waals surface area (Å²) in [5, 5.41) is 8.51. The molecule has 0 unspecified atom stereocenters. The van der Waals surface area contributed by atoms with Gasteiger partial charge in [0.1, 0.15) is 0 Å². The molecule has 8 heterocycles. The lowest BCUT2D eigenvalue weighted by molar-refractivity contribution is 0.640. The molecule has 0 aliphatic rings. The van der Waals surface area contributed by atoms with E-state index < -0.39 is 0 Å². The van der Waals surface area contributed by atoms with Crippen LogP contribution in [0.25, 0.3) is 110 Å². The SMILES string of the molecule is c1cnc2oc3ncc(-c4ccc5c(c4)c4ccccc4n5-n4c5ccccc5c5cc(-c6cnc7oc8ncccc8c7c6)ccc54)cc3c2c1. The maximum Gasteiger partial charge on any atom is 0.229 e. The van der Waals surface area contributed by atoms with Crippen LogP contribution in [-0.4, -0.2) is 29.3 Å². The van der Waals surface area contributed by atoms with Gasteiger partial charge in [0.25, 0.3) is 0 Å². The van der Waals surface area contributed by atoms with Crippen LogP contribution in [0.4, 0.5) is 0 Å². The average Bonchev–Trinajstić information content (AvgIpc) is 3.94. The van der Waals surface area contributed by atoms with Crippen molar-refractivity contribution >= 4 is 88.0 Å². The number of hydrogen-bond acceptors (Lipinski definition) is 6. The van der Waals surface area contributed by atoms with E-state index in [1.54, 1.807) is 12.4 Å². The molecule has 0 aliphatic heterocycles. The Hall–Kier alpha value is -7.32. The molecular weight excluding hydrogens is 645 g/mol. The fourth-order valence-electron chi connectivity index (χ4n) is 8.00. The Balaban J connectivity index is 1.07. The molecule has 0 N–H and O–H groups in total. The van der Waals surface area contributed by atoms with Crippen molar-refractivity contribution in [3.8, 4) is 22.3 Å². The molecule has 0 radical (unpaired) electrons. The highest BCUT2D eigenvalue weighted by Gasteiger charge is 2.20. The van der Waals surface area contributed by atoms with Gasteiger partial charge in [-0.1, -0.05) is 48.5 Å². The van der Waals surface area contributed by atoms with E-state index in [0.29, 0.717) is 22.9 Å². The normalized spacial score (nSPS) is 12.2. The number of para-hydroxylation sites is 2. The van der Waals surface area contributed by atoms with Gasteiger partial charge in [0, 0.05) is 68.2 Å². The van der Waals surface area contributed by atoms with E-state index in [9.17, 15) is 0 Å². The summed E-state index contributed by atoms with van der Waals surface area (Å²) in [6, 6.07) is 42.9. The standard InChI is InChI=1S/C44H24N6O2/c1-3-11-37-29(7-1)33-19-25(27-21-35-31-9-5-17-45-41(31)51-43(35)47-23-27)13-15-39(33)49(37)50-38-12-4-2-8-30(38)34-20-26(14-16-40(34)50)28-22-36-32-10-6-18-46-42(32)52-44(36)48-24-28/h1-24H. The predicted molar refractivity (Wildman–Crippen MR) is 206 cm³/mol. The summed E-state index contributed by atoms with van der Waals surface area (Å²) in [6.45, 7) is 0. The molecule has 12 aromatic rings. The second-order valence-electron chi connectivity index (χ2n) is 13.2. The molecule has 8 heteroatoms. The topological polar surface area (TPSA) is 87.7 Å². The van der Waals surface area contributed by atoms with Gasteiger partial charge in [-0.05, 0) is 83.9 Å². The highest BCUT2D eigenvalue weighted by atomic mass is 16.4. The second kappa shape index (κ2) is 10.1. The Morgan fingerprint density at radius 1 is 0.327 bits per heavy atom. The molecule has 12 rings (SSSR count). The van der Waals surface area contributed by atoms with Crippen molar-refractivity contribution in [1.82, 2.24) is 29.3 Å². The molecule has 0 bridgehead atoms. The first kappa shape index (κ1) is 27.5. The lowest BCUT2D eigenvalue weighted by Crippen LogP contribution is -2.08. The Morgan fingerprint density at radius 2 is 0.731 bits per heavy atom. The first-order valence-corrected chi connectivity index (χ1v) is 17.1. The first-order valence-electron chi connectivity index (χ1n) is 17.1. The molecule has 242 valence electrons. The molecule has 0 saturated heterocycles. The van der Waals surface area contributed by atoms with Crippen LogP contribution in [0.1, 0.15) is 0 Å². The maximum atomic E-state index is 5.91. The zero-order valence-electron chi connectivity index (χ0n) is 27.4. The number of nitrogens with zero attached hydrogens (tertiary/aromatic N) is 6. The predicted octanol–water partition coefficient (Wildman–Crippen LogP) is 10.9. The van der Waals surface area contributed by atoms with Crippen molar-refractivity contribution in [2.45, 2.75) is 0 Å². The summed E-state index contributed by atoms with van der Waals surface area (Å²) in [6.07, 6.45) is 7.25. The van der Waals surface area contributed by atoms with Crippen LogP contribution in [0.3, 0.4) is 0 Å². The number of rotatable bonds is 3. The maximum absolute atomic E-state index is 5.91. The van der Waals surface area contributed by atoms with E-state index in [4.69, 9.17) is 8.83 Å². The van der Waals surface area contributed by atoms with Gasteiger partial charge in [0.05, 0.1) is 32.8 Å². The minimum Gasteiger partial charge on any atom is -0.419 e. The van der Waals surface area contributed by atoms with Crippen LogP contribution >= 0.6 is 0 Å². The third-order valence-electron chi connectivity index (χ3n) is 10.4. The first-order chi connectivity index (χ1) is 25.8. The van der Waals surface area contributed by atoms with Gasteiger partial charge in [-0.2, -0.15) is 0 Å². The number of benzene rings is 4. The Kier molecular flexibility index (Phi) is 5.35. The fourth-order valence-corrected chi connectivity index (χ4v) is 8.00. The van der Waals surface area contributed by atoms with E-state index in [2.05, 4.69) is 126 Å². The van der Waals surface area contributed by atoms with Crippen LogP contribution in [0.2, 0.25) is 0 Å². The molecule has 52 heavy (non-hydrogen) atoms. The molecule has 0 atom stereocenters. The summed E-state index contributed by atoms with van der Waals surface area (Å²) >= 11 is 0. The fraction of sp³-hybridized carbons (Fsp3) is 0. The van der Waals surface area contributed by atoms with Crippen molar-refractivity contribution in [2.24, 2.45) is 0 Å².